The average molecular weight is 526 g/mol. The van der Waals surface area contributed by atoms with Crippen LogP contribution in [0.4, 0.5) is 43.9 Å². The molecule has 0 bridgehead atoms. The molecule has 0 aliphatic carbocycles. The molecule has 0 heterocycles. The predicted molar refractivity (Wildman–Crippen MR) is 81.1 cm³/mol. The van der Waals surface area contributed by atoms with E-state index in [4.69, 9.17) is 0 Å². The Morgan fingerprint density at radius 3 is 1.13 bits per heavy atom. The van der Waals surface area contributed by atoms with Gasteiger partial charge < -0.3 is 13.9 Å². The maximum absolute atomic E-state index is 13.5. The minimum absolute atomic E-state index is 2.28. The van der Waals surface area contributed by atoms with Crippen LogP contribution >= 0.6 is 14.5 Å². The predicted octanol–water partition coefficient (Wildman–Crippen LogP) is 4.87. The number of benzene rings is 2. The number of phosphoric ester groups is 1. The van der Waals surface area contributed by atoms with Crippen molar-refractivity contribution in [1.82, 2.24) is 0 Å². The second-order valence-corrected chi connectivity index (χ2v) is 9.28. The van der Waals surface area contributed by atoms with Crippen LogP contribution in [-0.2, 0) is 20.7 Å². The summed E-state index contributed by atoms with van der Waals surface area (Å²) in [5.41, 5.74) is 0. The zero-order valence-corrected chi connectivity index (χ0v) is 16.2. The van der Waals surface area contributed by atoms with E-state index in [1.54, 1.807) is 0 Å². The first-order valence-electron chi connectivity index (χ1n) is 6.79. The molecule has 2 unspecified atom stereocenters. The van der Waals surface area contributed by atoms with Gasteiger partial charge in [0.15, 0.2) is 0 Å². The fourth-order valence-corrected chi connectivity index (χ4v) is 4.80. The molecule has 0 aromatic heterocycles. The first-order chi connectivity index (χ1) is 14.0. The molecule has 0 saturated carbocycles. The van der Waals surface area contributed by atoms with Crippen LogP contribution in [0.5, 0.6) is 11.5 Å². The Kier molecular flexibility index (Phi) is 7.00. The Labute approximate surface area is 168 Å². The van der Waals surface area contributed by atoms with Crippen molar-refractivity contribution in [3.63, 3.8) is 0 Å². The maximum atomic E-state index is 13.5. The molecule has 19 heteroatoms. The molecule has 172 valence electrons. The van der Waals surface area contributed by atoms with Crippen LogP contribution in [0.3, 0.4) is 0 Å². The van der Waals surface area contributed by atoms with E-state index in [0.29, 0.717) is 0 Å². The standard InChI is InChI=1S/C12H2F10O6P2S/c13-1-3(15)7(19)11(8(20)4(1)16)26-29(23,24)28-30(25,31)27-12-9(21)5(17)2(14)6(18)10(12)22/h(H,23,24)(H,25,31). The van der Waals surface area contributed by atoms with Gasteiger partial charge in [0.05, 0.1) is 0 Å². The summed E-state index contributed by atoms with van der Waals surface area (Å²) in [7, 11) is -6.22. The van der Waals surface area contributed by atoms with Gasteiger partial charge in [-0.1, -0.05) is 0 Å². The highest BCUT2D eigenvalue weighted by Gasteiger charge is 2.40. The van der Waals surface area contributed by atoms with Gasteiger partial charge in [-0.25, -0.2) is 30.9 Å². The average Bonchev–Trinajstić information content (AvgIpc) is 2.67. The molecule has 0 amide bonds. The zero-order chi connectivity index (χ0) is 24.0. The molecule has 0 fully saturated rings. The van der Waals surface area contributed by atoms with Gasteiger partial charge in [-0.05, 0) is 0 Å². The van der Waals surface area contributed by atoms with E-state index < -0.39 is 84.2 Å². The second-order valence-electron chi connectivity index (χ2n) is 5.00. The summed E-state index contributed by atoms with van der Waals surface area (Å²) in [4.78, 5) is 18.9. The van der Waals surface area contributed by atoms with Crippen LogP contribution in [0, 0.1) is 58.2 Å². The molecule has 0 saturated heterocycles. The lowest BCUT2D eigenvalue weighted by Crippen LogP contribution is -2.09. The number of halogens is 10. The number of rotatable bonds is 6. The Hall–Kier alpha value is -1.90. The van der Waals surface area contributed by atoms with Crippen molar-refractivity contribution < 1.29 is 71.6 Å². The highest BCUT2D eigenvalue weighted by Crippen LogP contribution is 2.61. The monoisotopic (exact) mass is 526 g/mol. The fourth-order valence-electron chi connectivity index (χ4n) is 1.72. The Morgan fingerprint density at radius 2 is 0.806 bits per heavy atom. The minimum atomic E-state index is -6.22. The lowest BCUT2D eigenvalue weighted by Gasteiger charge is -2.20. The first kappa shape index (κ1) is 25.4. The van der Waals surface area contributed by atoms with E-state index in [9.17, 15) is 58.3 Å². The van der Waals surface area contributed by atoms with E-state index >= 15 is 0 Å². The molecule has 31 heavy (non-hydrogen) atoms. The Bertz CT molecular complexity index is 1030. The molecule has 2 atom stereocenters. The van der Waals surface area contributed by atoms with Crippen molar-refractivity contribution >= 4 is 26.3 Å². The lowest BCUT2D eigenvalue weighted by atomic mass is 10.3. The van der Waals surface area contributed by atoms with E-state index in [1.807, 2.05) is 0 Å². The maximum Gasteiger partial charge on any atom is 0.535 e. The number of hydrogen-bond acceptors (Lipinski definition) is 5. The van der Waals surface area contributed by atoms with Crippen molar-refractivity contribution in [2.75, 3.05) is 0 Å². The fraction of sp³-hybridized carbons (Fsp3) is 0. The molecule has 2 rings (SSSR count). The van der Waals surface area contributed by atoms with Crippen molar-refractivity contribution in [3.8, 4) is 11.5 Å². The minimum Gasteiger partial charge on any atom is -0.417 e. The Morgan fingerprint density at radius 1 is 0.548 bits per heavy atom. The van der Waals surface area contributed by atoms with Crippen LogP contribution in [0.1, 0.15) is 0 Å². The Balaban J connectivity index is 2.39. The number of hydrogen-bond donors (Lipinski definition) is 2. The van der Waals surface area contributed by atoms with E-state index in [2.05, 4.69) is 25.2 Å². The summed E-state index contributed by atoms with van der Waals surface area (Å²) >= 11 is 4.01. The summed E-state index contributed by atoms with van der Waals surface area (Å²) in [6, 6.07) is 0. The van der Waals surface area contributed by atoms with Gasteiger partial charge in [0.25, 0.3) is 0 Å². The molecule has 0 aliphatic rings. The lowest BCUT2D eigenvalue weighted by molar-refractivity contribution is 0.249. The van der Waals surface area contributed by atoms with Crippen LogP contribution in [-0.4, -0.2) is 9.79 Å². The normalized spacial score (nSPS) is 15.4. The summed E-state index contributed by atoms with van der Waals surface area (Å²) in [5, 5.41) is 0. The molecular formula is C12H2F10O6P2S. The summed E-state index contributed by atoms with van der Waals surface area (Å²) in [5.74, 6) is -31.4. The third-order valence-corrected chi connectivity index (χ3v) is 6.26. The van der Waals surface area contributed by atoms with Crippen LogP contribution < -0.4 is 9.05 Å². The second kappa shape index (κ2) is 8.56. The SMILES string of the molecule is O=P(O)(Oc1c(F)c(F)c(F)c(F)c1F)OP(O)(=S)Oc1c(F)c(F)c(F)c(F)c1F. The molecular weight excluding hydrogens is 524 g/mol. The molecule has 2 aromatic carbocycles. The zero-order valence-electron chi connectivity index (χ0n) is 13.6. The summed E-state index contributed by atoms with van der Waals surface area (Å²) in [6.07, 6.45) is 0. The molecule has 2 aromatic rings. The first-order valence-corrected chi connectivity index (χ1v) is 10.9. The summed E-state index contributed by atoms with van der Waals surface area (Å²) in [6.45, 7) is -5.59. The molecule has 0 radical (unpaired) electrons. The van der Waals surface area contributed by atoms with Crippen molar-refractivity contribution in [2.45, 2.75) is 0 Å². The third-order valence-electron chi connectivity index (χ3n) is 2.96. The topological polar surface area (TPSA) is 85.2 Å². The van der Waals surface area contributed by atoms with Crippen molar-refractivity contribution in [3.05, 3.63) is 58.2 Å². The van der Waals surface area contributed by atoms with Crippen LogP contribution in [0.15, 0.2) is 0 Å². The van der Waals surface area contributed by atoms with Gasteiger partial charge in [-0.3, -0.25) is 4.89 Å². The molecule has 6 nitrogen and oxygen atoms in total. The van der Waals surface area contributed by atoms with E-state index in [-0.39, 0.29) is 0 Å². The van der Waals surface area contributed by atoms with Gasteiger partial charge >= 0.3 is 14.5 Å². The quantitative estimate of drug-likeness (QED) is 0.241. The highest BCUT2D eigenvalue weighted by molar-refractivity contribution is 8.08. The molecule has 2 N–H and O–H groups in total. The smallest absolute Gasteiger partial charge is 0.417 e. The van der Waals surface area contributed by atoms with Gasteiger partial charge in [0, 0.05) is 11.8 Å². The summed E-state index contributed by atoms with van der Waals surface area (Å²) < 4.78 is 155. The van der Waals surface area contributed by atoms with Gasteiger partial charge in [0.1, 0.15) is 0 Å². The van der Waals surface area contributed by atoms with Crippen LogP contribution in [0.2, 0.25) is 0 Å². The van der Waals surface area contributed by atoms with E-state index in [1.165, 1.54) is 0 Å². The van der Waals surface area contributed by atoms with Gasteiger partial charge in [-0.2, -0.15) is 21.9 Å². The van der Waals surface area contributed by atoms with Gasteiger partial charge in [0.2, 0.25) is 69.7 Å². The number of phosphoric acid groups is 1. The largest absolute Gasteiger partial charge is 0.535 e. The molecule has 0 aliphatic heterocycles. The van der Waals surface area contributed by atoms with Crippen LogP contribution in [0.25, 0.3) is 0 Å². The van der Waals surface area contributed by atoms with Crippen molar-refractivity contribution in [2.24, 2.45) is 0 Å². The molecule has 0 spiro atoms. The van der Waals surface area contributed by atoms with Gasteiger partial charge in [-0.15, -0.1) is 0 Å². The van der Waals surface area contributed by atoms with Crippen molar-refractivity contribution in [1.29, 1.82) is 0 Å². The third kappa shape index (κ3) is 4.96. The van der Waals surface area contributed by atoms with E-state index in [0.717, 1.165) is 0 Å². The highest BCUT2D eigenvalue weighted by atomic mass is 32.5.